The molecule has 13 nitrogen and oxygen atoms in total. The Kier molecular flexibility index (Phi) is 11.9. The molecule has 21 heteroatoms. The van der Waals surface area contributed by atoms with Gasteiger partial charge in [0.1, 0.15) is 21.5 Å². The highest BCUT2D eigenvalue weighted by molar-refractivity contribution is 6.35. The summed E-state index contributed by atoms with van der Waals surface area (Å²) in [4.78, 5) is 47.3. The van der Waals surface area contributed by atoms with E-state index in [9.17, 15) is 56.2 Å². The maximum Gasteiger partial charge on any atom is 0.416 e. The van der Waals surface area contributed by atoms with Gasteiger partial charge in [-0.05, 0) is 74.5 Å². The number of ether oxygens (including phenoxy) is 3. The number of halogens is 8. The Morgan fingerprint density at radius 1 is 0.623 bits per heavy atom. The lowest BCUT2D eigenvalue weighted by Crippen LogP contribution is -2.30. The maximum absolute atomic E-state index is 12.9. The Labute approximate surface area is 303 Å². The van der Waals surface area contributed by atoms with E-state index in [4.69, 9.17) is 37.4 Å². The van der Waals surface area contributed by atoms with Crippen LogP contribution in [0.3, 0.4) is 0 Å². The molecule has 0 aliphatic carbocycles. The van der Waals surface area contributed by atoms with Crippen LogP contribution in [0.4, 0.5) is 49.1 Å². The first-order valence-corrected chi connectivity index (χ1v) is 15.3. The van der Waals surface area contributed by atoms with Crippen molar-refractivity contribution in [1.82, 2.24) is 0 Å². The molecule has 2 atom stereocenters. The standard InChI is InChI=1S/C32H22Cl2F6N4O9/c1-15(29(45)41-19-7-3-17(4-8-19)31(35,36)37)51-27-21(43(47)48)11-13-23(25(27)33)53-24-14-12-22(44(49)50)28(26(24)34)52-16(2)30(46)42-20-9-5-18(6-10-20)32(38,39)40/h3-16H,1-2H3,(H,41,45)(H,42,46). The summed E-state index contributed by atoms with van der Waals surface area (Å²) in [5.74, 6) is -3.97. The number of benzene rings is 4. The molecule has 0 spiro atoms. The zero-order chi connectivity index (χ0) is 39.4. The van der Waals surface area contributed by atoms with Crippen molar-refractivity contribution in [3.8, 4) is 23.0 Å². The average Bonchev–Trinajstić information content (AvgIpc) is 3.07. The molecule has 0 heterocycles. The van der Waals surface area contributed by atoms with Gasteiger partial charge in [0.05, 0.1) is 21.0 Å². The summed E-state index contributed by atoms with van der Waals surface area (Å²) in [5.41, 5.74) is -3.50. The van der Waals surface area contributed by atoms with Crippen LogP contribution in [0.15, 0.2) is 72.8 Å². The van der Waals surface area contributed by atoms with E-state index in [-0.39, 0.29) is 22.9 Å². The molecule has 2 unspecified atom stereocenters. The normalized spacial score (nSPS) is 12.6. The second kappa shape index (κ2) is 15.8. The minimum absolute atomic E-state index is 0.0478. The molecular weight excluding hydrogens is 769 g/mol. The predicted octanol–water partition coefficient (Wildman–Crippen LogP) is 9.45. The van der Waals surface area contributed by atoms with Gasteiger partial charge in [-0.2, -0.15) is 26.3 Å². The molecule has 53 heavy (non-hydrogen) atoms. The van der Waals surface area contributed by atoms with Gasteiger partial charge in [-0.1, -0.05) is 23.2 Å². The van der Waals surface area contributed by atoms with Crippen molar-refractivity contribution in [2.45, 2.75) is 38.4 Å². The van der Waals surface area contributed by atoms with Crippen molar-refractivity contribution >= 4 is 57.8 Å². The van der Waals surface area contributed by atoms with Gasteiger partial charge in [0.25, 0.3) is 11.8 Å². The van der Waals surface area contributed by atoms with Crippen LogP contribution in [0.1, 0.15) is 25.0 Å². The van der Waals surface area contributed by atoms with Crippen LogP contribution >= 0.6 is 23.2 Å². The topological polar surface area (TPSA) is 172 Å². The quantitative estimate of drug-likeness (QED) is 0.0805. The monoisotopic (exact) mass is 790 g/mol. The van der Waals surface area contributed by atoms with E-state index in [1.165, 1.54) is 13.8 Å². The van der Waals surface area contributed by atoms with Crippen LogP contribution < -0.4 is 24.8 Å². The summed E-state index contributed by atoms with van der Waals surface area (Å²) >= 11 is 12.8. The van der Waals surface area contributed by atoms with E-state index in [0.29, 0.717) is 0 Å². The number of carbonyl (C=O) groups excluding carboxylic acids is 2. The number of nitro benzene ring substituents is 2. The third-order valence-corrected chi connectivity index (χ3v) is 7.70. The molecule has 4 aromatic rings. The Bertz CT molecular complexity index is 1900. The van der Waals surface area contributed by atoms with Crippen molar-refractivity contribution in [3.05, 3.63) is 114 Å². The molecular formula is C32H22Cl2F6N4O9. The molecule has 4 aromatic carbocycles. The Morgan fingerprint density at radius 3 is 1.23 bits per heavy atom. The predicted molar refractivity (Wildman–Crippen MR) is 177 cm³/mol. The van der Waals surface area contributed by atoms with Crippen molar-refractivity contribution in [2.75, 3.05) is 10.6 Å². The Morgan fingerprint density at radius 2 is 0.943 bits per heavy atom. The number of nitrogens with one attached hydrogen (secondary N) is 2. The molecule has 2 N–H and O–H groups in total. The van der Waals surface area contributed by atoms with Gasteiger partial charge < -0.3 is 24.8 Å². The van der Waals surface area contributed by atoms with Gasteiger partial charge in [-0.3, -0.25) is 29.8 Å². The molecule has 0 saturated carbocycles. The molecule has 0 aliphatic rings. The molecule has 280 valence electrons. The van der Waals surface area contributed by atoms with Gasteiger partial charge in [0.2, 0.25) is 11.5 Å². The van der Waals surface area contributed by atoms with Crippen molar-refractivity contribution in [1.29, 1.82) is 0 Å². The lowest BCUT2D eigenvalue weighted by molar-refractivity contribution is -0.386. The number of anilines is 2. The first-order chi connectivity index (χ1) is 24.7. The molecule has 0 saturated heterocycles. The molecule has 4 rings (SSSR count). The van der Waals surface area contributed by atoms with Crippen LogP contribution in [0.2, 0.25) is 10.0 Å². The fourth-order valence-corrected chi connectivity index (χ4v) is 4.76. The zero-order valence-electron chi connectivity index (χ0n) is 26.7. The summed E-state index contributed by atoms with van der Waals surface area (Å²) in [6, 6.07) is 10.6. The van der Waals surface area contributed by atoms with Crippen LogP contribution in [0.5, 0.6) is 23.0 Å². The van der Waals surface area contributed by atoms with Gasteiger partial charge >= 0.3 is 23.7 Å². The summed E-state index contributed by atoms with van der Waals surface area (Å²) in [7, 11) is 0. The van der Waals surface area contributed by atoms with Gasteiger partial charge in [0.15, 0.2) is 12.2 Å². The summed E-state index contributed by atoms with van der Waals surface area (Å²) < 4.78 is 93.9. The van der Waals surface area contributed by atoms with E-state index in [0.717, 1.165) is 72.8 Å². The SMILES string of the molecule is CC(Oc1c([N+](=O)[O-])ccc(Oc2ccc([N+](=O)[O-])c(OC(C)C(=O)Nc3ccc(C(F)(F)F)cc3)c2Cl)c1Cl)C(=O)Nc1ccc(C(F)(F)F)cc1. The first-order valence-electron chi connectivity index (χ1n) is 14.6. The Hall–Kier alpha value is -5.82. The highest BCUT2D eigenvalue weighted by Crippen LogP contribution is 2.47. The molecule has 2 amide bonds. The number of hydrogen-bond acceptors (Lipinski definition) is 9. The molecule has 0 fully saturated rings. The van der Waals surface area contributed by atoms with Crippen LogP contribution in [-0.4, -0.2) is 33.9 Å². The molecule has 0 radical (unpaired) electrons. The lowest BCUT2D eigenvalue weighted by Gasteiger charge is -2.19. The minimum Gasteiger partial charge on any atom is -0.473 e. The smallest absolute Gasteiger partial charge is 0.416 e. The minimum atomic E-state index is -4.62. The summed E-state index contributed by atoms with van der Waals surface area (Å²) in [5, 5.41) is 27.0. The molecule has 0 aliphatic heterocycles. The van der Waals surface area contributed by atoms with E-state index in [2.05, 4.69) is 10.6 Å². The third kappa shape index (κ3) is 9.74. The van der Waals surface area contributed by atoms with Crippen LogP contribution in [0, 0.1) is 20.2 Å². The van der Waals surface area contributed by atoms with Gasteiger partial charge in [-0.15, -0.1) is 0 Å². The number of amides is 2. The Balaban J connectivity index is 1.56. The van der Waals surface area contributed by atoms with Crippen LogP contribution in [-0.2, 0) is 21.9 Å². The zero-order valence-corrected chi connectivity index (χ0v) is 28.2. The van der Waals surface area contributed by atoms with Gasteiger partial charge in [-0.25, -0.2) is 0 Å². The van der Waals surface area contributed by atoms with E-state index in [1.54, 1.807) is 0 Å². The maximum atomic E-state index is 12.9. The number of nitrogens with zero attached hydrogens (tertiary/aromatic N) is 2. The largest absolute Gasteiger partial charge is 0.473 e. The van der Waals surface area contributed by atoms with E-state index in [1.807, 2.05) is 0 Å². The fourth-order valence-electron chi connectivity index (χ4n) is 4.28. The van der Waals surface area contributed by atoms with Crippen LogP contribution in [0.25, 0.3) is 0 Å². The number of carbonyl (C=O) groups is 2. The molecule has 0 aromatic heterocycles. The van der Waals surface area contributed by atoms with Crippen molar-refractivity contribution in [2.24, 2.45) is 0 Å². The summed E-state index contributed by atoms with van der Waals surface area (Å²) in [6.07, 6.45) is -12.3. The number of alkyl halides is 6. The average molecular weight is 791 g/mol. The molecule has 0 bridgehead atoms. The van der Waals surface area contributed by atoms with Crippen molar-refractivity contribution < 1.29 is 60.0 Å². The second-order valence-corrected chi connectivity index (χ2v) is 11.5. The number of hydrogen-bond donors (Lipinski definition) is 2. The van der Waals surface area contributed by atoms with E-state index < -0.39 is 90.3 Å². The van der Waals surface area contributed by atoms with E-state index >= 15 is 0 Å². The number of rotatable bonds is 12. The second-order valence-electron chi connectivity index (χ2n) is 10.7. The number of nitro groups is 2. The third-order valence-electron chi connectivity index (χ3n) is 6.98. The fraction of sp³-hybridized carbons (Fsp3) is 0.188. The highest BCUT2D eigenvalue weighted by Gasteiger charge is 2.33. The first kappa shape index (κ1) is 40.0. The highest BCUT2D eigenvalue weighted by atomic mass is 35.5. The van der Waals surface area contributed by atoms with Crippen molar-refractivity contribution in [3.63, 3.8) is 0 Å². The summed E-state index contributed by atoms with van der Waals surface area (Å²) in [6.45, 7) is 2.33. The van der Waals surface area contributed by atoms with Gasteiger partial charge in [0, 0.05) is 23.5 Å². The lowest BCUT2D eigenvalue weighted by atomic mass is 10.2.